The van der Waals surface area contributed by atoms with Gasteiger partial charge in [0.25, 0.3) is 0 Å². The van der Waals surface area contributed by atoms with E-state index in [1.165, 1.54) is 12.8 Å². The van der Waals surface area contributed by atoms with Crippen molar-refractivity contribution in [3.63, 3.8) is 0 Å². The molecule has 1 aliphatic carbocycles. The molecule has 0 amide bonds. The van der Waals surface area contributed by atoms with Crippen molar-refractivity contribution < 1.29 is 4.74 Å². The normalized spacial score (nSPS) is 26.0. The lowest BCUT2D eigenvalue weighted by Crippen LogP contribution is -2.49. The summed E-state index contributed by atoms with van der Waals surface area (Å²) in [5, 5.41) is 0. The quantitative estimate of drug-likeness (QED) is 0.860. The highest BCUT2D eigenvalue weighted by Crippen LogP contribution is 2.35. The molecular weight excluding hydrogens is 264 g/mol. The molecule has 1 saturated carbocycles. The zero-order valence-electron chi connectivity index (χ0n) is 13.5. The molecule has 0 radical (unpaired) electrons. The monoisotopic (exact) mass is 290 g/mol. The van der Waals surface area contributed by atoms with Gasteiger partial charge in [-0.3, -0.25) is 0 Å². The van der Waals surface area contributed by atoms with Crippen molar-refractivity contribution in [1.82, 2.24) is 9.97 Å². The van der Waals surface area contributed by atoms with Crippen LogP contribution in [-0.4, -0.2) is 35.3 Å². The lowest BCUT2D eigenvalue weighted by atomic mass is 9.95. The van der Waals surface area contributed by atoms with Crippen LogP contribution in [-0.2, 0) is 10.2 Å². The van der Waals surface area contributed by atoms with Crippen LogP contribution >= 0.6 is 0 Å². The zero-order chi connectivity index (χ0) is 15.2. The Morgan fingerprint density at radius 1 is 1.24 bits per heavy atom. The number of nitrogens with zero attached hydrogens (tertiary/aromatic N) is 3. The smallest absolute Gasteiger partial charge is 0.138 e. The highest BCUT2D eigenvalue weighted by atomic mass is 16.5. The number of fused-ring (bicyclic) bond motifs is 1. The number of hydrogen-bond acceptors (Lipinski definition) is 5. The molecule has 1 saturated heterocycles. The van der Waals surface area contributed by atoms with Gasteiger partial charge >= 0.3 is 0 Å². The second kappa shape index (κ2) is 5.13. The summed E-state index contributed by atoms with van der Waals surface area (Å²) in [4.78, 5) is 11.8. The molecule has 116 valence electrons. The van der Waals surface area contributed by atoms with Gasteiger partial charge in [0.2, 0.25) is 0 Å². The fourth-order valence-electron chi connectivity index (χ4n) is 3.33. The van der Waals surface area contributed by atoms with E-state index in [4.69, 9.17) is 15.5 Å². The van der Waals surface area contributed by atoms with Crippen LogP contribution in [0.25, 0.3) is 0 Å². The van der Waals surface area contributed by atoms with E-state index in [9.17, 15) is 0 Å². The van der Waals surface area contributed by atoms with Gasteiger partial charge in [0, 0.05) is 17.5 Å². The Hall–Kier alpha value is -1.36. The lowest BCUT2D eigenvalue weighted by Gasteiger charge is -2.39. The van der Waals surface area contributed by atoms with Crippen molar-refractivity contribution in [3.8, 4) is 0 Å². The Balaban J connectivity index is 2.02. The largest absolute Gasteiger partial charge is 0.383 e. The third-order valence-electron chi connectivity index (χ3n) is 4.58. The first-order valence-electron chi connectivity index (χ1n) is 7.91. The molecule has 0 spiro atoms. The van der Waals surface area contributed by atoms with Gasteiger partial charge in [-0.25, -0.2) is 9.97 Å². The van der Waals surface area contributed by atoms with E-state index in [1.807, 2.05) is 6.92 Å². The van der Waals surface area contributed by atoms with Gasteiger partial charge in [-0.05, 0) is 26.2 Å². The fourth-order valence-corrected chi connectivity index (χ4v) is 3.33. The summed E-state index contributed by atoms with van der Waals surface area (Å²) in [6.45, 7) is 10.1. The van der Waals surface area contributed by atoms with Crippen LogP contribution in [0.1, 0.15) is 51.4 Å². The first-order chi connectivity index (χ1) is 9.88. The molecule has 1 aromatic rings. The summed E-state index contributed by atoms with van der Waals surface area (Å²) in [6.07, 6.45) is 3.93. The number of nitrogens with two attached hydrogens (primary N) is 1. The second-order valence-corrected chi connectivity index (χ2v) is 7.23. The van der Waals surface area contributed by atoms with Gasteiger partial charge in [0.05, 0.1) is 18.8 Å². The average molecular weight is 290 g/mol. The summed E-state index contributed by atoms with van der Waals surface area (Å²) in [5.74, 6) is 2.43. The highest BCUT2D eigenvalue weighted by molar-refractivity contribution is 5.58. The minimum atomic E-state index is -0.0993. The number of hydrogen-bond donors (Lipinski definition) is 1. The molecule has 21 heavy (non-hydrogen) atoms. The van der Waals surface area contributed by atoms with Crippen molar-refractivity contribution >= 4 is 11.6 Å². The summed E-state index contributed by atoms with van der Waals surface area (Å²) in [6, 6.07) is 0.444. The summed E-state index contributed by atoms with van der Waals surface area (Å²) in [5.41, 5.74) is 7.05. The number of morpholine rings is 1. The van der Waals surface area contributed by atoms with Crippen LogP contribution in [0.3, 0.4) is 0 Å². The van der Waals surface area contributed by atoms with E-state index in [-0.39, 0.29) is 5.41 Å². The van der Waals surface area contributed by atoms with Crippen molar-refractivity contribution in [2.24, 2.45) is 0 Å². The average Bonchev–Trinajstić information content (AvgIpc) is 2.88. The molecule has 2 fully saturated rings. The maximum Gasteiger partial charge on any atom is 0.138 e. The van der Waals surface area contributed by atoms with Crippen molar-refractivity contribution in [2.45, 2.75) is 64.5 Å². The molecule has 0 bridgehead atoms. The summed E-state index contributed by atoms with van der Waals surface area (Å²) in [7, 11) is 0. The molecule has 5 heteroatoms. The summed E-state index contributed by atoms with van der Waals surface area (Å²) >= 11 is 0. The Bertz CT molecular complexity index is 538. The molecule has 2 atom stereocenters. The Morgan fingerprint density at radius 2 is 2.00 bits per heavy atom. The Labute approximate surface area is 126 Å². The topological polar surface area (TPSA) is 64.3 Å². The SMILES string of the molecule is Cc1c(N)nc(C(C)(C)C)nc1N1CCOC2CCCC21. The Morgan fingerprint density at radius 3 is 2.71 bits per heavy atom. The van der Waals surface area contributed by atoms with Gasteiger partial charge in [-0.15, -0.1) is 0 Å². The molecule has 2 aliphatic rings. The van der Waals surface area contributed by atoms with Crippen LogP contribution in [0, 0.1) is 6.92 Å². The zero-order valence-corrected chi connectivity index (χ0v) is 13.5. The van der Waals surface area contributed by atoms with Gasteiger partial charge in [0.15, 0.2) is 0 Å². The second-order valence-electron chi connectivity index (χ2n) is 7.23. The third kappa shape index (κ3) is 2.59. The fraction of sp³-hybridized carbons (Fsp3) is 0.750. The van der Waals surface area contributed by atoms with Crippen molar-refractivity contribution in [2.75, 3.05) is 23.8 Å². The van der Waals surface area contributed by atoms with Crippen LogP contribution in [0.4, 0.5) is 11.6 Å². The lowest BCUT2D eigenvalue weighted by molar-refractivity contribution is 0.0252. The van der Waals surface area contributed by atoms with E-state index in [1.54, 1.807) is 0 Å². The van der Waals surface area contributed by atoms with Gasteiger partial charge in [0.1, 0.15) is 17.5 Å². The number of rotatable bonds is 1. The first-order valence-corrected chi connectivity index (χ1v) is 7.91. The van der Waals surface area contributed by atoms with E-state index >= 15 is 0 Å². The molecule has 2 N–H and O–H groups in total. The van der Waals surface area contributed by atoms with Gasteiger partial charge in [-0.1, -0.05) is 20.8 Å². The van der Waals surface area contributed by atoms with E-state index in [0.29, 0.717) is 18.0 Å². The maximum absolute atomic E-state index is 6.15. The highest BCUT2D eigenvalue weighted by Gasteiger charge is 2.38. The van der Waals surface area contributed by atoms with Crippen molar-refractivity contribution in [1.29, 1.82) is 0 Å². The van der Waals surface area contributed by atoms with Crippen LogP contribution in [0.2, 0.25) is 0 Å². The standard InChI is InChI=1S/C16H26N4O/c1-10-13(17)18-15(16(2,3)4)19-14(10)20-8-9-21-12-7-5-6-11(12)20/h11-12H,5-9H2,1-4H3,(H2,17,18,19). The van der Waals surface area contributed by atoms with Gasteiger partial charge in [-0.2, -0.15) is 0 Å². The molecule has 3 rings (SSSR count). The minimum absolute atomic E-state index is 0.0993. The van der Waals surface area contributed by atoms with Gasteiger partial charge < -0.3 is 15.4 Å². The van der Waals surface area contributed by atoms with E-state index < -0.39 is 0 Å². The number of anilines is 2. The van der Waals surface area contributed by atoms with Crippen molar-refractivity contribution in [3.05, 3.63) is 11.4 Å². The van der Waals surface area contributed by atoms with Crippen LogP contribution in [0.5, 0.6) is 0 Å². The molecule has 1 aromatic heterocycles. The molecule has 0 aromatic carbocycles. The molecule has 2 unspecified atom stereocenters. The predicted octanol–water partition coefficient (Wildman–Crippen LogP) is 2.42. The van der Waals surface area contributed by atoms with E-state index in [0.717, 1.165) is 36.8 Å². The van der Waals surface area contributed by atoms with E-state index in [2.05, 4.69) is 30.7 Å². The predicted molar refractivity (Wildman–Crippen MR) is 84.6 cm³/mol. The van der Waals surface area contributed by atoms with Crippen LogP contribution < -0.4 is 10.6 Å². The van der Waals surface area contributed by atoms with Crippen LogP contribution in [0.15, 0.2) is 0 Å². The molecule has 1 aliphatic heterocycles. The molecular formula is C16H26N4O. The summed E-state index contributed by atoms with van der Waals surface area (Å²) < 4.78 is 5.90. The first kappa shape index (κ1) is 14.6. The molecule has 5 nitrogen and oxygen atoms in total. The maximum atomic E-state index is 6.15. The number of aromatic nitrogens is 2. The molecule has 2 heterocycles. The minimum Gasteiger partial charge on any atom is -0.383 e. The number of ether oxygens (including phenoxy) is 1. The third-order valence-corrected chi connectivity index (χ3v) is 4.58. The number of nitrogen functional groups attached to an aromatic ring is 1. The Kier molecular flexibility index (Phi) is 3.56.